The first-order valence-electron chi connectivity index (χ1n) is 19.6. The van der Waals surface area contributed by atoms with E-state index >= 15 is 0 Å². The van der Waals surface area contributed by atoms with Crippen LogP contribution in [0.4, 0.5) is 0 Å². The van der Waals surface area contributed by atoms with Gasteiger partial charge in [0.25, 0.3) is 0 Å². The maximum atomic E-state index is 6.60. The summed E-state index contributed by atoms with van der Waals surface area (Å²) in [7, 11) is 0. The van der Waals surface area contributed by atoms with Crippen molar-refractivity contribution in [2.45, 2.75) is 0 Å². The van der Waals surface area contributed by atoms with Crippen LogP contribution in [-0.4, -0.2) is 9.97 Å². The molecule has 0 amide bonds. The van der Waals surface area contributed by atoms with Crippen molar-refractivity contribution in [3.05, 3.63) is 194 Å². The van der Waals surface area contributed by atoms with Crippen LogP contribution in [0.5, 0.6) is 0 Å². The predicted molar refractivity (Wildman–Crippen MR) is 239 cm³/mol. The van der Waals surface area contributed by atoms with E-state index in [-0.39, 0.29) is 0 Å². The fourth-order valence-corrected chi connectivity index (χ4v) is 8.81. The number of nitrogens with zero attached hydrogens (tertiary/aromatic N) is 2. The van der Waals surface area contributed by atoms with Crippen LogP contribution in [0.2, 0.25) is 0 Å². The highest BCUT2D eigenvalue weighted by Gasteiger charge is 2.21. The van der Waals surface area contributed by atoms with Crippen LogP contribution in [0.1, 0.15) is 0 Å². The van der Waals surface area contributed by atoms with E-state index in [9.17, 15) is 0 Å². The first-order valence-corrected chi connectivity index (χ1v) is 19.6. The second-order valence-electron chi connectivity index (χ2n) is 14.8. The molecule has 3 heterocycles. The van der Waals surface area contributed by atoms with Gasteiger partial charge in [0, 0.05) is 38.2 Å². The molecule has 12 rings (SSSR count). The summed E-state index contributed by atoms with van der Waals surface area (Å²) in [6, 6.07) is 68.0. The maximum absolute atomic E-state index is 6.60. The minimum Gasteiger partial charge on any atom is -0.455 e. The molecule has 12 aromatic rings. The Labute approximate surface area is 333 Å². The van der Waals surface area contributed by atoms with Crippen molar-refractivity contribution in [3.8, 4) is 56.2 Å². The van der Waals surface area contributed by atoms with Crippen LogP contribution in [0.15, 0.2) is 203 Å². The van der Waals surface area contributed by atoms with E-state index in [0.29, 0.717) is 5.82 Å². The Bertz CT molecular complexity index is 3450. The molecule has 0 N–H and O–H groups in total. The minimum absolute atomic E-state index is 0.612. The van der Waals surface area contributed by atoms with Gasteiger partial charge in [0.15, 0.2) is 5.82 Å². The van der Waals surface area contributed by atoms with E-state index in [2.05, 4.69) is 170 Å². The molecule has 4 nitrogen and oxygen atoms in total. The summed E-state index contributed by atoms with van der Waals surface area (Å²) in [6.07, 6.45) is 0. The molecule has 270 valence electrons. The highest BCUT2D eigenvalue weighted by molar-refractivity contribution is 6.11. The molecule has 0 fully saturated rings. The quantitative estimate of drug-likeness (QED) is 0.176. The lowest BCUT2D eigenvalue weighted by molar-refractivity contribution is 0.669. The summed E-state index contributed by atoms with van der Waals surface area (Å²) < 4.78 is 13.2. The van der Waals surface area contributed by atoms with Gasteiger partial charge in [0.1, 0.15) is 22.3 Å². The van der Waals surface area contributed by atoms with E-state index in [1.807, 2.05) is 24.3 Å². The number of rotatable bonds is 5. The fraction of sp³-hybridized carbons (Fsp3) is 0. The average Bonchev–Trinajstić information content (AvgIpc) is 3.87. The molecule has 0 aliphatic carbocycles. The smallest absolute Gasteiger partial charge is 0.161 e. The van der Waals surface area contributed by atoms with E-state index in [4.69, 9.17) is 18.8 Å². The number of benzene rings is 9. The zero-order chi connectivity index (χ0) is 38.2. The van der Waals surface area contributed by atoms with Crippen LogP contribution in [0.3, 0.4) is 0 Å². The first kappa shape index (κ1) is 32.4. The molecule has 0 bridgehead atoms. The summed E-state index contributed by atoms with van der Waals surface area (Å²) in [5, 5.41) is 8.99. The number of aromatic nitrogens is 2. The Kier molecular flexibility index (Phi) is 7.20. The van der Waals surface area contributed by atoms with Crippen LogP contribution in [-0.2, 0) is 0 Å². The highest BCUT2D eigenvalue weighted by atomic mass is 16.3. The third-order valence-electron chi connectivity index (χ3n) is 11.5. The van der Waals surface area contributed by atoms with Crippen molar-refractivity contribution >= 4 is 65.4 Å². The van der Waals surface area contributed by atoms with Gasteiger partial charge in [-0.15, -0.1) is 0 Å². The summed E-state index contributed by atoms with van der Waals surface area (Å²) >= 11 is 0. The molecule has 0 saturated carbocycles. The van der Waals surface area contributed by atoms with Crippen molar-refractivity contribution in [1.29, 1.82) is 0 Å². The van der Waals surface area contributed by atoms with Gasteiger partial charge in [0.2, 0.25) is 0 Å². The lowest BCUT2D eigenvalue weighted by Gasteiger charge is -2.16. The summed E-state index contributed by atoms with van der Waals surface area (Å²) in [5.74, 6) is 0.612. The van der Waals surface area contributed by atoms with Crippen molar-refractivity contribution in [1.82, 2.24) is 9.97 Å². The Balaban J connectivity index is 1.16. The Morgan fingerprint density at radius 3 is 1.34 bits per heavy atom. The van der Waals surface area contributed by atoms with Gasteiger partial charge >= 0.3 is 0 Å². The molecule has 0 saturated heterocycles. The van der Waals surface area contributed by atoms with E-state index < -0.39 is 0 Å². The summed E-state index contributed by atoms with van der Waals surface area (Å²) in [5.41, 5.74) is 12.0. The summed E-state index contributed by atoms with van der Waals surface area (Å²) in [4.78, 5) is 10.9. The van der Waals surface area contributed by atoms with Gasteiger partial charge in [-0.25, -0.2) is 9.97 Å². The number of para-hydroxylation sites is 4. The lowest BCUT2D eigenvalue weighted by atomic mass is 9.90. The minimum atomic E-state index is 0.612. The Morgan fingerprint density at radius 2 is 0.741 bits per heavy atom. The SMILES string of the molecule is c1ccc2c(-c3ccc(-c4nc(-c5cccc6c5oc5ccccc56)cc(-c5cccc6c5oc5ccccc56)n4)c(-c4cccc5ccccc45)c3)cccc2c1. The molecule has 0 atom stereocenters. The van der Waals surface area contributed by atoms with Gasteiger partial charge in [-0.05, 0) is 86.3 Å². The van der Waals surface area contributed by atoms with Crippen LogP contribution in [0, 0.1) is 0 Å². The molecule has 9 aromatic carbocycles. The zero-order valence-corrected chi connectivity index (χ0v) is 31.2. The van der Waals surface area contributed by atoms with Crippen molar-refractivity contribution in [3.63, 3.8) is 0 Å². The monoisotopic (exact) mass is 740 g/mol. The Morgan fingerprint density at radius 1 is 0.293 bits per heavy atom. The maximum Gasteiger partial charge on any atom is 0.161 e. The number of furan rings is 2. The van der Waals surface area contributed by atoms with Gasteiger partial charge in [-0.3, -0.25) is 0 Å². The van der Waals surface area contributed by atoms with E-state index in [1.165, 1.54) is 21.7 Å². The predicted octanol–water partition coefficient (Wildman–Crippen LogP) is 14.9. The average molecular weight is 741 g/mol. The molecule has 0 aliphatic rings. The van der Waals surface area contributed by atoms with Crippen molar-refractivity contribution < 1.29 is 8.83 Å². The second-order valence-corrected chi connectivity index (χ2v) is 14.8. The molecule has 0 unspecified atom stereocenters. The first-order chi connectivity index (χ1) is 28.7. The van der Waals surface area contributed by atoms with Crippen LogP contribution >= 0.6 is 0 Å². The normalized spacial score (nSPS) is 11.8. The van der Waals surface area contributed by atoms with E-state index in [1.54, 1.807) is 0 Å². The van der Waals surface area contributed by atoms with Gasteiger partial charge < -0.3 is 8.83 Å². The molecule has 0 aliphatic heterocycles. The molecule has 3 aromatic heterocycles. The number of hydrogen-bond donors (Lipinski definition) is 0. The topological polar surface area (TPSA) is 52.1 Å². The molecule has 58 heavy (non-hydrogen) atoms. The van der Waals surface area contributed by atoms with E-state index in [0.717, 1.165) is 94.0 Å². The standard InChI is InChI=1S/C54H32N2O2/c1-3-17-36-33(13-1)15-9-21-38(36)35-29-30-44(47(31-35)39-22-10-16-34-14-2-4-18-37(34)39)54-55-48(45-25-11-23-42-40-19-5-7-27-50(40)57-52(42)45)32-49(56-54)46-26-12-24-43-41-20-6-8-28-51(41)58-53(43)46/h1-32H. The van der Waals surface area contributed by atoms with Gasteiger partial charge in [0.05, 0.1) is 11.4 Å². The molecule has 4 heteroatoms. The number of fused-ring (bicyclic) bond motifs is 8. The molecule has 0 radical (unpaired) electrons. The molecular weight excluding hydrogens is 709 g/mol. The third kappa shape index (κ3) is 5.09. The lowest BCUT2D eigenvalue weighted by Crippen LogP contribution is -1.98. The highest BCUT2D eigenvalue weighted by Crippen LogP contribution is 2.43. The fourth-order valence-electron chi connectivity index (χ4n) is 8.81. The van der Waals surface area contributed by atoms with Crippen LogP contribution < -0.4 is 0 Å². The molecular formula is C54H32N2O2. The largest absolute Gasteiger partial charge is 0.455 e. The molecule has 0 spiro atoms. The van der Waals surface area contributed by atoms with Gasteiger partial charge in [-0.2, -0.15) is 0 Å². The van der Waals surface area contributed by atoms with Crippen LogP contribution in [0.25, 0.3) is 122 Å². The number of hydrogen-bond acceptors (Lipinski definition) is 4. The zero-order valence-electron chi connectivity index (χ0n) is 31.2. The summed E-state index contributed by atoms with van der Waals surface area (Å²) in [6.45, 7) is 0. The third-order valence-corrected chi connectivity index (χ3v) is 11.5. The van der Waals surface area contributed by atoms with Gasteiger partial charge in [-0.1, -0.05) is 152 Å². The Hall–Kier alpha value is -7.82. The van der Waals surface area contributed by atoms with Crippen molar-refractivity contribution in [2.24, 2.45) is 0 Å². The second kappa shape index (κ2) is 12.9. The van der Waals surface area contributed by atoms with Crippen molar-refractivity contribution in [2.75, 3.05) is 0 Å².